The molecule has 0 aromatic heterocycles. The van der Waals surface area contributed by atoms with Crippen molar-refractivity contribution < 1.29 is 19.0 Å². The summed E-state index contributed by atoms with van der Waals surface area (Å²) in [6.07, 6.45) is 2.89. The van der Waals surface area contributed by atoms with Gasteiger partial charge in [0.15, 0.2) is 11.6 Å². The molecule has 0 aliphatic carbocycles. The third-order valence-electron chi connectivity index (χ3n) is 2.86. The largest absolute Gasteiger partial charge is 0.494 e. The summed E-state index contributed by atoms with van der Waals surface area (Å²) in [4.78, 5) is 11.6. The van der Waals surface area contributed by atoms with Crippen LogP contribution >= 0.6 is 0 Å². The van der Waals surface area contributed by atoms with E-state index in [4.69, 9.17) is 4.74 Å². The van der Waals surface area contributed by atoms with Crippen LogP contribution in [-0.4, -0.2) is 30.8 Å². The molecule has 0 aliphatic rings. The molecule has 1 atom stereocenters. The Balaban J connectivity index is 2.49. The highest BCUT2D eigenvalue weighted by Gasteiger charge is 2.07. The van der Waals surface area contributed by atoms with E-state index in [9.17, 15) is 14.3 Å². The molecule has 0 fully saturated rings. The fourth-order valence-corrected chi connectivity index (χ4v) is 1.86. The third kappa shape index (κ3) is 6.40. The Hall–Kier alpha value is -1.88. The van der Waals surface area contributed by atoms with Crippen LogP contribution < -0.4 is 10.1 Å². The predicted molar refractivity (Wildman–Crippen MR) is 80.5 cm³/mol. The fourth-order valence-electron chi connectivity index (χ4n) is 1.86. The molecule has 0 aliphatic heterocycles. The van der Waals surface area contributed by atoms with Gasteiger partial charge in [0, 0.05) is 12.6 Å². The van der Waals surface area contributed by atoms with E-state index in [0.29, 0.717) is 17.9 Å². The molecule has 1 amide bonds. The molecular weight excluding hydrogens is 273 g/mol. The highest BCUT2D eigenvalue weighted by Crippen LogP contribution is 2.18. The number of aliphatic hydroxyl groups is 1. The maximum atomic E-state index is 13.5. The minimum Gasteiger partial charge on any atom is -0.494 e. The van der Waals surface area contributed by atoms with Crippen molar-refractivity contribution in [2.45, 2.75) is 26.4 Å². The van der Waals surface area contributed by atoms with Gasteiger partial charge in [-0.2, -0.15) is 0 Å². The molecule has 116 valence electrons. The van der Waals surface area contributed by atoms with Gasteiger partial charge in [0.05, 0.1) is 13.2 Å². The SMILES string of the molecule is COc1ccc(/C=C/C(=O)NCC(O)CC(C)C)cc1F. The second-order valence-corrected chi connectivity index (χ2v) is 5.26. The van der Waals surface area contributed by atoms with Gasteiger partial charge >= 0.3 is 0 Å². The van der Waals surface area contributed by atoms with Crippen LogP contribution in [0.25, 0.3) is 6.08 Å². The Morgan fingerprint density at radius 2 is 2.19 bits per heavy atom. The van der Waals surface area contributed by atoms with Crippen molar-refractivity contribution >= 4 is 12.0 Å². The van der Waals surface area contributed by atoms with E-state index in [-0.39, 0.29) is 18.2 Å². The normalized spacial score (nSPS) is 12.7. The molecule has 0 saturated carbocycles. The molecule has 21 heavy (non-hydrogen) atoms. The Bertz CT molecular complexity index is 500. The van der Waals surface area contributed by atoms with E-state index in [2.05, 4.69) is 5.32 Å². The molecule has 0 spiro atoms. The minimum atomic E-state index is -0.555. The molecular formula is C16H22FNO3. The molecule has 2 N–H and O–H groups in total. The summed E-state index contributed by atoms with van der Waals surface area (Å²) >= 11 is 0. The van der Waals surface area contributed by atoms with Gasteiger partial charge in [0.25, 0.3) is 0 Å². The average Bonchev–Trinajstić information content (AvgIpc) is 2.42. The van der Waals surface area contributed by atoms with Crippen molar-refractivity contribution in [1.29, 1.82) is 0 Å². The number of hydrogen-bond acceptors (Lipinski definition) is 3. The molecule has 5 heteroatoms. The van der Waals surface area contributed by atoms with E-state index >= 15 is 0 Å². The Morgan fingerprint density at radius 3 is 2.76 bits per heavy atom. The molecule has 4 nitrogen and oxygen atoms in total. The molecule has 1 aromatic carbocycles. The first-order chi connectivity index (χ1) is 9.92. The Labute approximate surface area is 124 Å². The van der Waals surface area contributed by atoms with Crippen LogP contribution in [0.4, 0.5) is 4.39 Å². The molecule has 0 radical (unpaired) electrons. The van der Waals surface area contributed by atoms with Crippen molar-refractivity contribution in [3.8, 4) is 5.75 Å². The first kappa shape index (κ1) is 17.2. The molecule has 1 unspecified atom stereocenters. The topological polar surface area (TPSA) is 58.6 Å². The summed E-state index contributed by atoms with van der Waals surface area (Å²) in [6, 6.07) is 4.44. The van der Waals surface area contributed by atoms with Crippen molar-refractivity contribution in [3.63, 3.8) is 0 Å². The van der Waals surface area contributed by atoms with Crippen LogP contribution in [0.3, 0.4) is 0 Å². The number of ether oxygens (including phenoxy) is 1. The summed E-state index contributed by atoms with van der Waals surface area (Å²) in [5.41, 5.74) is 0.561. The van der Waals surface area contributed by atoms with E-state index in [1.165, 1.54) is 31.4 Å². The van der Waals surface area contributed by atoms with Gasteiger partial charge in [0.2, 0.25) is 5.91 Å². The number of carbonyl (C=O) groups is 1. The molecule has 0 heterocycles. The van der Waals surface area contributed by atoms with Gasteiger partial charge < -0.3 is 15.2 Å². The summed E-state index contributed by atoms with van der Waals surface area (Å²) in [6.45, 7) is 4.21. The smallest absolute Gasteiger partial charge is 0.244 e. The number of hydrogen-bond donors (Lipinski definition) is 2. The van der Waals surface area contributed by atoms with Crippen molar-refractivity contribution in [3.05, 3.63) is 35.7 Å². The monoisotopic (exact) mass is 295 g/mol. The van der Waals surface area contributed by atoms with Crippen molar-refractivity contribution in [2.75, 3.05) is 13.7 Å². The van der Waals surface area contributed by atoms with Crippen molar-refractivity contribution in [1.82, 2.24) is 5.32 Å². The number of aliphatic hydroxyl groups excluding tert-OH is 1. The first-order valence-corrected chi connectivity index (χ1v) is 6.90. The van der Waals surface area contributed by atoms with Crippen molar-refractivity contribution in [2.24, 2.45) is 5.92 Å². The van der Waals surface area contributed by atoms with E-state index in [1.807, 2.05) is 13.8 Å². The zero-order valence-corrected chi connectivity index (χ0v) is 12.6. The zero-order chi connectivity index (χ0) is 15.8. The maximum absolute atomic E-state index is 13.5. The van der Waals surface area contributed by atoms with Gasteiger partial charge in [-0.1, -0.05) is 19.9 Å². The molecule has 0 saturated heterocycles. The highest BCUT2D eigenvalue weighted by atomic mass is 19.1. The second-order valence-electron chi connectivity index (χ2n) is 5.26. The summed E-state index contributed by atoms with van der Waals surface area (Å²) in [5, 5.41) is 12.2. The van der Waals surface area contributed by atoms with Crippen LogP contribution in [0.5, 0.6) is 5.75 Å². The number of benzene rings is 1. The standard InChI is InChI=1S/C16H22FNO3/c1-11(2)8-13(19)10-18-16(20)7-5-12-4-6-15(21-3)14(17)9-12/h4-7,9,11,13,19H,8,10H2,1-3H3,(H,18,20)/b7-5+. The van der Waals surface area contributed by atoms with E-state index in [0.717, 1.165) is 0 Å². The Kier molecular flexibility index (Phi) is 6.88. The average molecular weight is 295 g/mol. The fraction of sp³-hybridized carbons (Fsp3) is 0.438. The van der Waals surface area contributed by atoms with E-state index < -0.39 is 11.9 Å². The molecule has 1 aromatic rings. The summed E-state index contributed by atoms with van der Waals surface area (Å²) in [7, 11) is 1.39. The number of halogens is 1. The number of rotatable bonds is 7. The van der Waals surface area contributed by atoms with Gasteiger partial charge in [-0.25, -0.2) is 4.39 Å². The third-order valence-corrected chi connectivity index (χ3v) is 2.86. The number of carbonyl (C=O) groups excluding carboxylic acids is 1. The lowest BCUT2D eigenvalue weighted by Gasteiger charge is -2.12. The Morgan fingerprint density at radius 1 is 1.48 bits per heavy atom. The summed E-state index contributed by atoms with van der Waals surface area (Å²) in [5.74, 6) is -0.274. The van der Waals surface area contributed by atoms with Crippen LogP contribution in [0, 0.1) is 11.7 Å². The lowest BCUT2D eigenvalue weighted by Crippen LogP contribution is -2.31. The summed E-state index contributed by atoms with van der Waals surface area (Å²) < 4.78 is 18.3. The van der Waals surface area contributed by atoms with Crippen LogP contribution in [-0.2, 0) is 4.79 Å². The number of amides is 1. The zero-order valence-electron chi connectivity index (χ0n) is 12.6. The van der Waals surface area contributed by atoms with Gasteiger partial charge in [-0.15, -0.1) is 0 Å². The first-order valence-electron chi connectivity index (χ1n) is 6.90. The molecule has 0 bridgehead atoms. The second kappa shape index (κ2) is 8.42. The minimum absolute atomic E-state index is 0.161. The van der Waals surface area contributed by atoms with Gasteiger partial charge in [-0.05, 0) is 36.1 Å². The predicted octanol–water partition coefficient (Wildman–Crippen LogP) is 2.37. The van der Waals surface area contributed by atoms with Crippen LogP contribution in [0.2, 0.25) is 0 Å². The van der Waals surface area contributed by atoms with Crippen LogP contribution in [0.15, 0.2) is 24.3 Å². The number of nitrogens with one attached hydrogen (secondary N) is 1. The quantitative estimate of drug-likeness (QED) is 0.759. The lowest BCUT2D eigenvalue weighted by atomic mass is 10.1. The van der Waals surface area contributed by atoms with E-state index in [1.54, 1.807) is 6.07 Å². The van der Waals surface area contributed by atoms with Gasteiger partial charge in [-0.3, -0.25) is 4.79 Å². The molecule has 1 rings (SSSR count). The number of methoxy groups -OCH3 is 1. The van der Waals surface area contributed by atoms with Crippen LogP contribution in [0.1, 0.15) is 25.8 Å². The maximum Gasteiger partial charge on any atom is 0.244 e. The van der Waals surface area contributed by atoms with Gasteiger partial charge in [0.1, 0.15) is 0 Å². The lowest BCUT2D eigenvalue weighted by molar-refractivity contribution is -0.116. The highest BCUT2D eigenvalue weighted by molar-refractivity contribution is 5.91.